The van der Waals surface area contributed by atoms with Gasteiger partial charge in [0.2, 0.25) is 5.91 Å². The highest BCUT2D eigenvalue weighted by molar-refractivity contribution is 5.95. The number of hydrogen-bond acceptors (Lipinski definition) is 3. The van der Waals surface area contributed by atoms with Gasteiger partial charge < -0.3 is 15.4 Å². The molecule has 1 unspecified atom stereocenters. The Morgan fingerprint density at radius 1 is 1.45 bits per heavy atom. The Morgan fingerprint density at radius 3 is 2.65 bits per heavy atom. The van der Waals surface area contributed by atoms with Crippen LogP contribution < -0.4 is 15.4 Å². The lowest BCUT2D eigenvalue weighted by molar-refractivity contribution is -0.124. The van der Waals surface area contributed by atoms with Crippen molar-refractivity contribution in [2.75, 3.05) is 18.4 Å². The Labute approximate surface area is 116 Å². The fourth-order valence-electron chi connectivity index (χ4n) is 2.38. The number of rotatable bonds is 5. The molecule has 0 bridgehead atoms. The van der Waals surface area contributed by atoms with Crippen LogP contribution >= 0.6 is 0 Å². The summed E-state index contributed by atoms with van der Waals surface area (Å²) in [5.74, 6) is 0.0401. The predicted molar refractivity (Wildman–Crippen MR) is 71.9 cm³/mol. The molecule has 1 atom stereocenters. The summed E-state index contributed by atoms with van der Waals surface area (Å²) in [6.45, 7) is 0.652. The number of anilines is 1. The zero-order valence-electron chi connectivity index (χ0n) is 11.3. The van der Waals surface area contributed by atoms with Crippen molar-refractivity contribution in [2.45, 2.75) is 26.4 Å². The van der Waals surface area contributed by atoms with E-state index < -0.39 is 6.61 Å². The Morgan fingerprint density at radius 2 is 2.15 bits per heavy atom. The summed E-state index contributed by atoms with van der Waals surface area (Å²) in [5.41, 5.74) is 0.203. The Balaban J connectivity index is 2.00. The number of carbonyl (C=O) groups excluding carboxylic acids is 1. The third kappa shape index (κ3) is 3.25. The van der Waals surface area contributed by atoms with Crippen LogP contribution in [0.1, 0.15) is 19.8 Å². The first-order valence-corrected chi connectivity index (χ1v) is 6.63. The zero-order chi connectivity index (χ0) is 14.6. The number of benzene rings is 1. The molecule has 2 rings (SSSR count). The Kier molecular flexibility index (Phi) is 4.54. The highest BCUT2D eigenvalue weighted by atomic mass is 19.3. The average Bonchev–Trinajstić information content (AvgIpc) is 2.90. The monoisotopic (exact) mass is 284 g/mol. The average molecular weight is 284 g/mol. The normalized spacial score (nSPS) is 22.0. The second kappa shape index (κ2) is 6.17. The molecule has 1 heterocycles. The first-order chi connectivity index (χ1) is 9.55. The number of nitrogens with one attached hydrogen (secondary N) is 2. The smallest absolute Gasteiger partial charge is 0.387 e. The molecule has 2 N–H and O–H groups in total. The molecular weight excluding hydrogens is 266 g/mol. The lowest BCUT2D eigenvalue weighted by atomic mass is 9.83. The summed E-state index contributed by atoms with van der Waals surface area (Å²) in [5, 5.41) is 6.03. The predicted octanol–water partition coefficient (Wildman–Crippen LogP) is 2.62. The minimum Gasteiger partial charge on any atom is -0.435 e. The topological polar surface area (TPSA) is 50.4 Å². The van der Waals surface area contributed by atoms with Crippen LogP contribution in [0.15, 0.2) is 24.3 Å². The van der Waals surface area contributed by atoms with Crippen LogP contribution in [0.3, 0.4) is 0 Å². The molecule has 0 radical (unpaired) electrons. The van der Waals surface area contributed by atoms with Crippen LogP contribution in [-0.4, -0.2) is 25.6 Å². The second-order valence-corrected chi connectivity index (χ2v) is 4.92. The van der Waals surface area contributed by atoms with Gasteiger partial charge in [-0.1, -0.05) is 6.92 Å². The zero-order valence-corrected chi connectivity index (χ0v) is 11.3. The molecule has 1 aromatic rings. The maximum Gasteiger partial charge on any atom is 0.387 e. The molecule has 1 aliphatic heterocycles. The minimum absolute atomic E-state index is 0.0347. The highest BCUT2D eigenvalue weighted by Gasteiger charge is 2.39. The van der Waals surface area contributed by atoms with Gasteiger partial charge in [0.1, 0.15) is 5.75 Å². The molecule has 1 aromatic carbocycles. The van der Waals surface area contributed by atoms with Crippen molar-refractivity contribution < 1.29 is 18.3 Å². The van der Waals surface area contributed by atoms with Crippen LogP contribution in [-0.2, 0) is 4.79 Å². The first kappa shape index (κ1) is 14.7. The second-order valence-electron chi connectivity index (χ2n) is 4.92. The molecule has 0 aliphatic carbocycles. The maximum absolute atomic E-state index is 12.3. The summed E-state index contributed by atoms with van der Waals surface area (Å²) < 4.78 is 28.3. The summed E-state index contributed by atoms with van der Waals surface area (Å²) in [6.07, 6.45) is 1.57. The molecule has 1 saturated heterocycles. The SMILES string of the molecule is CCC1(C(=O)Nc2ccc(OC(F)F)cc2)CCNC1. The van der Waals surface area contributed by atoms with Gasteiger partial charge in [0.15, 0.2) is 0 Å². The largest absolute Gasteiger partial charge is 0.435 e. The van der Waals surface area contributed by atoms with Crippen molar-refractivity contribution >= 4 is 11.6 Å². The van der Waals surface area contributed by atoms with Crippen LogP contribution in [0.5, 0.6) is 5.75 Å². The van der Waals surface area contributed by atoms with Gasteiger partial charge in [-0.25, -0.2) is 0 Å². The summed E-state index contributed by atoms with van der Waals surface area (Å²) in [6, 6.07) is 5.93. The molecule has 1 amide bonds. The van der Waals surface area contributed by atoms with Gasteiger partial charge in [0.25, 0.3) is 0 Å². The van der Waals surface area contributed by atoms with E-state index in [1.807, 2.05) is 6.92 Å². The Bertz CT molecular complexity index is 457. The first-order valence-electron chi connectivity index (χ1n) is 6.63. The van der Waals surface area contributed by atoms with E-state index >= 15 is 0 Å². The molecule has 4 nitrogen and oxygen atoms in total. The van der Waals surface area contributed by atoms with E-state index in [4.69, 9.17) is 0 Å². The molecule has 1 fully saturated rings. The Hall–Kier alpha value is -1.69. The van der Waals surface area contributed by atoms with E-state index in [-0.39, 0.29) is 17.1 Å². The van der Waals surface area contributed by atoms with E-state index in [1.54, 1.807) is 12.1 Å². The fraction of sp³-hybridized carbons (Fsp3) is 0.500. The van der Waals surface area contributed by atoms with Gasteiger partial charge >= 0.3 is 6.61 Å². The standard InChI is InChI=1S/C14H18F2N2O2/c1-2-14(7-8-17-9-14)12(19)18-10-3-5-11(6-4-10)20-13(15)16/h3-6,13,17H,2,7-9H2,1H3,(H,18,19). The third-order valence-corrected chi connectivity index (χ3v) is 3.74. The maximum atomic E-state index is 12.3. The van der Waals surface area contributed by atoms with Gasteiger partial charge in [-0.15, -0.1) is 0 Å². The van der Waals surface area contributed by atoms with Crippen molar-refractivity contribution in [1.29, 1.82) is 0 Å². The molecule has 1 aliphatic rings. The molecule has 0 spiro atoms. The number of halogens is 2. The number of hydrogen-bond donors (Lipinski definition) is 2. The molecular formula is C14H18F2N2O2. The lowest BCUT2D eigenvalue weighted by Gasteiger charge is -2.25. The number of alkyl halides is 2. The van der Waals surface area contributed by atoms with E-state index in [2.05, 4.69) is 15.4 Å². The fourth-order valence-corrected chi connectivity index (χ4v) is 2.38. The van der Waals surface area contributed by atoms with E-state index in [0.717, 1.165) is 19.4 Å². The highest BCUT2D eigenvalue weighted by Crippen LogP contribution is 2.31. The molecule has 110 valence electrons. The molecule has 20 heavy (non-hydrogen) atoms. The van der Waals surface area contributed by atoms with Crippen molar-refractivity contribution in [3.63, 3.8) is 0 Å². The van der Waals surface area contributed by atoms with Gasteiger partial charge in [-0.3, -0.25) is 4.79 Å². The van der Waals surface area contributed by atoms with Gasteiger partial charge in [0, 0.05) is 12.2 Å². The number of amides is 1. The van der Waals surface area contributed by atoms with Crippen LogP contribution in [0.25, 0.3) is 0 Å². The van der Waals surface area contributed by atoms with Crippen LogP contribution in [0, 0.1) is 5.41 Å². The van der Waals surface area contributed by atoms with Gasteiger partial charge in [0.05, 0.1) is 5.41 Å². The quantitative estimate of drug-likeness (QED) is 0.874. The van der Waals surface area contributed by atoms with Gasteiger partial charge in [-0.05, 0) is 43.7 Å². The van der Waals surface area contributed by atoms with Crippen LogP contribution in [0.2, 0.25) is 0 Å². The van der Waals surface area contributed by atoms with E-state index in [0.29, 0.717) is 12.2 Å². The molecule has 0 saturated carbocycles. The summed E-state index contributed by atoms with van der Waals surface area (Å²) in [7, 11) is 0. The number of carbonyl (C=O) groups is 1. The number of ether oxygens (including phenoxy) is 1. The van der Waals surface area contributed by atoms with E-state index in [9.17, 15) is 13.6 Å². The van der Waals surface area contributed by atoms with Crippen molar-refractivity contribution in [3.8, 4) is 5.75 Å². The summed E-state index contributed by atoms with van der Waals surface area (Å²) >= 11 is 0. The summed E-state index contributed by atoms with van der Waals surface area (Å²) in [4.78, 5) is 12.3. The van der Waals surface area contributed by atoms with Gasteiger partial charge in [-0.2, -0.15) is 8.78 Å². The van der Waals surface area contributed by atoms with Crippen LogP contribution in [0.4, 0.5) is 14.5 Å². The minimum atomic E-state index is -2.84. The van der Waals surface area contributed by atoms with Crippen molar-refractivity contribution in [2.24, 2.45) is 5.41 Å². The third-order valence-electron chi connectivity index (χ3n) is 3.74. The molecule has 0 aromatic heterocycles. The van der Waals surface area contributed by atoms with E-state index in [1.165, 1.54) is 12.1 Å². The van der Waals surface area contributed by atoms with Crippen molar-refractivity contribution in [3.05, 3.63) is 24.3 Å². The molecule has 6 heteroatoms. The lowest BCUT2D eigenvalue weighted by Crippen LogP contribution is -2.37. The van der Waals surface area contributed by atoms with Crippen molar-refractivity contribution in [1.82, 2.24) is 5.32 Å².